The van der Waals surface area contributed by atoms with E-state index in [9.17, 15) is 0 Å². The third-order valence-corrected chi connectivity index (χ3v) is 2.48. The smallest absolute Gasteiger partial charge is 0.0119 e. The molecule has 2 nitrogen and oxygen atoms in total. The van der Waals surface area contributed by atoms with Crippen LogP contribution in [0.2, 0.25) is 0 Å². The van der Waals surface area contributed by atoms with Crippen molar-refractivity contribution in [3.05, 3.63) is 0 Å². The Morgan fingerprint density at radius 3 is 2.36 bits per heavy atom. The Hall–Kier alpha value is -0.0800. The zero-order valence-electron chi connectivity index (χ0n) is 7.85. The van der Waals surface area contributed by atoms with Crippen molar-refractivity contribution in [3.63, 3.8) is 0 Å². The molecule has 2 N–H and O–H groups in total. The van der Waals surface area contributed by atoms with E-state index in [0.717, 1.165) is 17.9 Å². The Morgan fingerprint density at radius 1 is 1.45 bits per heavy atom. The molecule has 1 unspecified atom stereocenters. The summed E-state index contributed by atoms with van der Waals surface area (Å²) in [5, 5.41) is 6.70. The lowest BCUT2D eigenvalue weighted by Crippen LogP contribution is -2.52. The van der Waals surface area contributed by atoms with Crippen LogP contribution in [0.4, 0.5) is 0 Å². The van der Waals surface area contributed by atoms with Crippen LogP contribution < -0.4 is 10.6 Å². The van der Waals surface area contributed by atoms with Crippen LogP contribution in [0.5, 0.6) is 0 Å². The monoisotopic (exact) mass is 156 g/mol. The molecule has 0 aromatic heterocycles. The molecular formula is C9H20N2. The van der Waals surface area contributed by atoms with E-state index in [4.69, 9.17) is 0 Å². The van der Waals surface area contributed by atoms with Gasteiger partial charge in [-0.3, -0.25) is 0 Å². The van der Waals surface area contributed by atoms with E-state index in [0.29, 0.717) is 0 Å². The Kier molecular flexibility index (Phi) is 3.34. The van der Waals surface area contributed by atoms with Crippen LogP contribution in [-0.2, 0) is 0 Å². The van der Waals surface area contributed by atoms with Crippen molar-refractivity contribution in [2.45, 2.75) is 26.3 Å². The summed E-state index contributed by atoms with van der Waals surface area (Å²) in [5.74, 6) is 1.69. The molecule has 0 aliphatic carbocycles. The van der Waals surface area contributed by atoms with Crippen LogP contribution in [0.15, 0.2) is 0 Å². The molecule has 1 fully saturated rings. The normalized spacial score (nSPS) is 21.8. The fourth-order valence-corrected chi connectivity index (χ4v) is 1.65. The highest BCUT2D eigenvalue weighted by Crippen LogP contribution is 2.16. The summed E-state index contributed by atoms with van der Waals surface area (Å²) in [7, 11) is 2.07. The van der Waals surface area contributed by atoms with Gasteiger partial charge in [0.1, 0.15) is 0 Å². The zero-order valence-corrected chi connectivity index (χ0v) is 7.85. The Labute approximate surface area is 69.8 Å². The summed E-state index contributed by atoms with van der Waals surface area (Å²) in [4.78, 5) is 0. The number of nitrogens with one attached hydrogen (secondary N) is 2. The Bertz CT molecular complexity index is 108. The van der Waals surface area contributed by atoms with Gasteiger partial charge in [-0.05, 0) is 25.3 Å². The number of hydrogen-bond donors (Lipinski definition) is 2. The third kappa shape index (κ3) is 2.46. The maximum absolute atomic E-state index is 3.40. The van der Waals surface area contributed by atoms with Crippen LogP contribution in [0.1, 0.15) is 20.3 Å². The molecular weight excluding hydrogens is 136 g/mol. The molecule has 0 bridgehead atoms. The molecule has 1 saturated heterocycles. The average Bonchev–Trinajstić information content (AvgIpc) is 1.81. The zero-order chi connectivity index (χ0) is 8.27. The molecule has 1 aliphatic rings. The van der Waals surface area contributed by atoms with Gasteiger partial charge in [0.15, 0.2) is 0 Å². The molecule has 1 heterocycles. The first-order chi connectivity index (χ1) is 5.24. The quantitative estimate of drug-likeness (QED) is 0.630. The third-order valence-electron chi connectivity index (χ3n) is 2.48. The lowest BCUT2D eigenvalue weighted by atomic mass is 9.88. The molecule has 0 spiro atoms. The van der Waals surface area contributed by atoms with E-state index in [-0.39, 0.29) is 0 Å². The molecule has 11 heavy (non-hydrogen) atoms. The van der Waals surface area contributed by atoms with E-state index in [1.54, 1.807) is 0 Å². The molecule has 0 amide bonds. The Morgan fingerprint density at radius 2 is 2.09 bits per heavy atom. The SMILES string of the molecule is CNC(CC(C)C)C1CNC1. The molecule has 0 aromatic carbocycles. The molecule has 0 aromatic rings. The fourth-order valence-electron chi connectivity index (χ4n) is 1.65. The van der Waals surface area contributed by atoms with Gasteiger partial charge < -0.3 is 10.6 Å². The molecule has 1 atom stereocenters. The van der Waals surface area contributed by atoms with Crippen LogP contribution >= 0.6 is 0 Å². The summed E-state index contributed by atoms with van der Waals surface area (Å²) >= 11 is 0. The van der Waals surface area contributed by atoms with Gasteiger partial charge in [-0.1, -0.05) is 13.8 Å². The lowest BCUT2D eigenvalue weighted by Gasteiger charge is -2.35. The van der Waals surface area contributed by atoms with E-state index < -0.39 is 0 Å². The number of hydrogen-bond acceptors (Lipinski definition) is 2. The first-order valence-corrected chi connectivity index (χ1v) is 4.62. The average molecular weight is 156 g/mol. The maximum atomic E-state index is 3.40. The van der Waals surface area contributed by atoms with Gasteiger partial charge in [-0.15, -0.1) is 0 Å². The summed E-state index contributed by atoms with van der Waals surface area (Å²) in [6.07, 6.45) is 1.31. The van der Waals surface area contributed by atoms with Gasteiger partial charge in [0.05, 0.1) is 0 Å². The second-order valence-electron chi connectivity index (χ2n) is 3.94. The largest absolute Gasteiger partial charge is 0.317 e. The first kappa shape index (κ1) is 9.01. The van der Waals surface area contributed by atoms with Crippen LogP contribution in [-0.4, -0.2) is 26.2 Å². The highest BCUT2D eigenvalue weighted by atomic mass is 15.0. The van der Waals surface area contributed by atoms with Crippen molar-refractivity contribution >= 4 is 0 Å². The van der Waals surface area contributed by atoms with Gasteiger partial charge >= 0.3 is 0 Å². The summed E-state index contributed by atoms with van der Waals surface area (Å²) < 4.78 is 0. The van der Waals surface area contributed by atoms with Crippen molar-refractivity contribution in [1.29, 1.82) is 0 Å². The molecule has 0 radical (unpaired) electrons. The number of rotatable bonds is 4. The minimum Gasteiger partial charge on any atom is -0.317 e. The molecule has 2 heteroatoms. The van der Waals surface area contributed by atoms with Gasteiger partial charge in [-0.2, -0.15) is 0 Å². The van der Waals surface area contributed by atoms with E-state index in [1.165, 1.54) is 19.5 Å². The topological polar surface area (TPSA) is 24.1 Å². The summed E-state index contributed by atoms with van der Waals surface area (Å²) in [6.45, 7) is 6.99. The fraction of sp³-hybridized carbons (Fsp3) is 1.00. The highest BCUT2D eigenvalue weighted by Gasteiger charge is 2.25. The molecule has 0 saturated carbocycles. The van der Waals surface area contributed by atoms with Crippen LogP contribution in [0.25, 0.3) is 0 Å². The second-order valence-corrected chi connectivity index (χ2v) is 3.94. The Balaban J connectivity index is 2.23. The van der Waals surface area contributed by atoms with Gasteiger partial charge in [0, 0.05) is 19.1 Å². The van der Waals surface area contributed by atoms with Crippen LogP contribution in [0.3, 0.4) is 0 Å². The van der Waals surface area contributed by atoms with Crippen molar-refractivity contribution in [2.24, 2.45) is 11.8 Å². The van der Waals surface area contributed by atoms with Crippen molar-refractivity contribution < 1.29 is 0 Å². The van der Waals surface area contributed by atoms with Gasteiger partial charge in [0.25, 0.3) is 0 Å². The minimum absolute atomic E-state index is 0.733. The lowest BCUT2D eigenvalue weighted by molar-refractivity contribution is 0.238. The maximum Gasteiger partial charge on any atom is 0.0119 e. The van der Waals surface area contributed by atoms with Crippen molar-refractivity contribution in [1.82, 2.24) is 10.6 Å². The van der Waals surface area contributed by atoms with E-state index in [1.807, 2.05) is 0 Å². The molecule has 66 valence electrons. The van der Waals surface area contributed by atoms with Crippen molar-refractivity contribution in [2.75, 3.05) is 20.1 Å². The van der Waals surface area contributed by atoms with Crippen molar-refractivity contribution in [3.8, 4) is 0 Å². The predicted molar refractivity (Wildman–Crippen MR) is 48.7 cm³/mol. The molecule has 1 aliphatic heterocycles. The van der Waals surface area contributed by atoms with Gasteiger partial charge in [-0.25, -0.2) is 0 Å². The first-order valence-electron chi connectivity index (χ1n) is 4.62. The second kappa shape index (κ2) is 4.07. The van der Waals surface area contributed by atoms with E-state index in [2.05, 4.69) is 31.5 Å². The standard InChI is InChI=1S/C9H20N2/c1-7(2)4-9(10-3)8-5-11-6-8/h7-11H,4-6H2,1-3H3. The summed E-state index contributed by atoms with van der Waals surface area (Å²) in [5.41, 5.74) is 0. The van der Waals surface area contributed by atoms with Gasteiger partial charge in [0.2, 0.25) is 0 Å². The highest BCUT2D eigenvalue weighted by molar-refractivity contribution is 4.85. The van der Waals surface area contributed by atoms with Crippen LogP contribution in [0, 0.1) is 11.8 Å². The van der Waals surface area contributed by atoms with E-state index >= 15 is 0 Å². The summed E-state index contributed by atoms with van der Waals surface area (Å²) in [6, 6.07) is 0.733. The molecule has 1 rings (SSSR count). The predicted octanol–water partition coefficient (Wildman–Crippen LogP) is 0.840. The minimum atomic E-state index is 0.733.